The Bertz CT molecular complexity index is 647. The van der Waals surface area contributed by atoms with E-state index in [-0.39, 0.29) is 12.0 Å². The van der Waals surface area contributed by atoms with Crippen LogP contribution in [0.3, 0.4) is 0 Å². The molecule has 8 nitrogen and oxygen atoms in total. The summed E-state index contributed by atoms with van der Waals surface area (Å²) < 4.78 is 32.2. The van der Waals surface area contributed by atoms with E-state index < -0.39 is 10.1 Å². The number of rotatable bonds is 4. The van der Waals surface area contributed by atoms with E-state index in [4.69, 9.17) is 8.92 Å². The normalized spacial score (nSPS) is 20.0. The third kappa shape index (κ3) is 3.57. The van der Waals surface area contributed by atoms with Crippen LogP contribution in [-0.4, -0.2) is 76.0 Å². The molecule has 2 saturated heterocycles. The molecule has 0 bridgehead atoms. The van der Waals surface area contributed by atoms with Gasteiger partial charge in [-0.2, -0.15) is 8.42 Å². The van der Waals surface area contributed by atoms with Crippen LogP contribution in [0, 0.1) is 0 Å². The van der Waals surface area contributed by atoms with Crippen molar-refractivity contribution >= 4 is 32.5 Å². The summed E-state index contributed by atoms with van der Waals surface area (Å²) in [4.78, 5) is 20.3. The summed E-state index contributed by atoms with van der Waals surface area (Å²) in [5.74, 6) is -0.0877. The zero-order valence-corrected chi connectivity index (χ0v) is 13.7. The fourth-order valence-electron chi connectivity index (χ4n) is 2.34. The topological polar surface area (TPSA) is 89.0 Å². The predicted molar refractivity (Wildman–Crippen MR) is 80.8 cm³/mol. The maximum atomic E-state index is 12.3. The van der Waals surface area contributed by atoms with Crippen LogP contribution in [0.5, 0.6) is 0 Å². The van der Waals surface area contributed by atoms with Gasteiger partial charge in [0.2, 0.25) is 0 Å². The number of nitrogens with zero attached hydrogens (tertiary/aromatic N) is 3. The molecule has 3 heterocycles. The molecule has 1 aromatic rings. The second kappa shape index (κ2) is 6.11. The number of hydrogen-bond acceptors (Lipinski definition) is 8. The van der Waals surface area contributed by atoms with Crippen molar-refractivity contribution in [2.24, 2.45) is 0 Å². The minimum atomic E-state index is -3.43. The van der Waals surface area contributed by atoms with E-state index in [0.717, 1.165) is 6.26 Å². The summed E-state index contributed by atoms with van der Waals surface area (Å²) in [5.41, 5.74) is 0.425. The lowest BCUT2D eigenvalue weighted by atomic mass is 10.2. The van der Waals surface area contributed by atoms with Gasteiger partial charge in [-0.1, -0.05) is 0 Å². The largest absolute Gasteiger partial charge is 0.378 e. The second-order valence-electron chi connectivity index (χ2n) is 5.25. The van der Waals surface area contributed by atoms with Gasteiger partial charge >= 0.3 is 0 Å². The van der Waals surface area contributed by atoms with Crippen LogP contribution in [0.2, 0.25) is 0 Å². The van der Waals surface area contributed by atoms with Crippen LogP contribution in [0.25, 0.3) is 0 Å². The Kier molecular flexibility index (Phi) is 4.35. The molecular formula is C12H17N3O5S2. The van der Waals surface area contributed by atoms with E-state index in [1.54, 1.807) is 10.3 Å². The number of hydrogen-bond donors (Lipinski definition) is 0. The Morgan fingerprint density at radius 2 is 2.09 bits per heavy atom. The van der Waals surface area contributed by atoms with E-state index in [0.29, 0.717) is 50.2 Å². The minimum Gasteiger partial charge on any atom is -0.378 e. The van der Waals surface area contributed by atoms with Gasteiger partial charge in [0.05, 0.1) is 19.5 Å². The molecular weight excluding hydrogens is 330 g/mol. The lowest BCUT2D eigenvalue weighted by Crippen LogP contribution is -2.53. The van der Waals surface area contributed by atoms with Crippen LogP contribution in [0.1, 0.15) is 10.5 Å². The molecule has 2 aliphatic rings. The lowest BCUT2D eigenvalue weighted by molar-refractivity contribution is 0.0299. The number of anilines is 1. The maximum Gasteiger partial charge on any atom is 0.273 e. The first-order valence-electron chi connectivity index (χ1n) is 6.88. The molecule has 0 aliphatic carbocycles. The second-order valence-corrected chi connectivity index (χ2v) is 7.68. The number of morpholine rings is 1. The summed E-state index contributed by atoms with van der Waals surface area (Å²) in [6.07, 6.45) is 0.704. The molecule has 0 N–H and O–H groups in total. The fraction of sp³-hybridized carbons (Fsp3) is 0.667. The monoisotopic (exact) mass is 347 g/mol. The third-order valence-corrected chi connectivity index (χ3v) is 4.96. The highest BCUT2D eigenvalue weighted by Gasteiger charge is 2.33. The van der Waals surface area contributed by atoms with Gasteiger partial charge in [-0.05, 0) is 0 Å². The van der Waals surface area contributed by atoms with Gasteiger partial charge in [0.15, 0.2) is 5.13 Å². The molecule has 2 fully saturated rings. The van der Waals surface area contributed by atoms with Crippen LogP contribution in [-0.2, 0) is 19.0 Å². The Hall–Kier alpha value is -1.23. The smallest absolute Gasteiger partial charge is 0.273 e. The van der Waals surface area contributed by atoms with Crippen molar-refractivity contribution in [1.82, 2.24) is 9.88 Å². The molecule has 3 rings (SSSR count). The Balaban J connectivity index is 1.57. The first kappa shape index (κ1) is 15.7. The van der Waals surface area contributed by atoms with Crippen molar-refractivity contribution in [3.05, 3.63) is 11.1 Å². The molecule has 10 heteroatoms. The van der Waals surface area contributed by atoms with Gasteiger partial charge in [0, 0.05) is 31.6 Å². The zero-order valence-electron chi connectivity index (χ0n) is 12.1. The molecule has 22 heavy (non-hydrogen) atoms. The van der Waals surface area contributed by atoms with Crippen molar-refractivity contribution in [2.75, 3.05) is 50.5 Å². The van der Waals surface area contributed by atoms with Gasteiger partial charge in [0.1, 0.15) is 11.8 Å². The van der Waals surface area contributed by atoms with E-state index in [1.807, 2.05) is 4.90 Å². The van der Waals surface area contributed by atoms with Crippen LogP contribution in [0.15, 0.2) is 5.38 Å². The van der Waals surface area contributed by atoms with E-state index >= 15 is 0 Å². The molecule has 1 amide bonds. The summed E-state index contributed by atoms with van der Waals surface area (Å²) in [6, 6.07) is 0. The molecule has 2 aliphatic heterocycles. The number of carbonyl (C=O) groups excluding carboxylic acids is 1. The van der Waals surface area contributed by atoms with Gasteiger partial charge in [0.25, 0.3) is 16.0 Å². The van der Waals surface area contributed by atoms with Gasteiger partial charge in [-0.3, -0.25) is 8.98 Å². The third-order valence-electron chi connectivity index (χ3n) is 3.44. The van der Waals surface area contributed by atoms with Crippen molar-refractivity contribution in [3.63, 3.8) is 0 Å². The fourth-order valence-corrected chi connectivity index (χ4v) is 3.77. The summed E-state index contributed by atoms with van der Waals surface area (Å²) in [6.45, 7) is 3.20. The SMILES string of the molecule is CS(=O)(=O)OC1CN(c2nc(C(=O)N3CCOCC3)cs2)C1. The van der Waals surface area contributed by atoms with Crippen LogP contribution >= 0.6 is 11.3 Å². The van der Waals surface area contributed by atoms with Gasteiger partial charge in [-0.25, -0.2) is 4.98 Å². The van der Waals surface area contributed by atoms with Crippen molar-refractivity contribution < 1.29 is 22.1 Å². The summed E-state index contributed by atoms with van der Waals surface area (Å²) in [7, 11) is -3.43. The molecule has 0 aromatic carbocycles. The molecule has 122 valence electrons. The Labute approximate surface area is 132 Å². The molecule has 1 aromatic heterocycles. The van der Waals surface area contributed by atoms with E-state index in [2.05, 4.69) is 4.98 Å². The first-order valence-corrected chi connectivity index (χ1v) is 9.58. The van der Waals surface area contributed by atoms with Crippen molar-refractivity contribution in [1.29, 1.82) is 0 Å². The minimum absolute atomic E-state index is 0.0877. The van der Waals surface area contributed by atoms with Crippen LogP contribution < -0.4 is 4.90 Å². The number of thiazole rings is 1. The first-order chi connectivity index (χ1) is 10.4. The average molecular weight is 347 g/mol. The summed E-state index contributed by atoms with van der Waals surface area (Å²) >= 11 is 1.38. The molecule has 0 saturated carbocycles. The van der Waals surface area contributed by atoms with Gasteiger partial charge < -0.3 is 14.5 Å². The zero-order chi connectivity index (χ0) is 15.7. The highest BCUT2D eigenvalue weighted by atomic mass is 32.2. The molecule has 0 unspecified atom stereocenters. The average Bonchev–Trinajstić information content (AvgIpc) is 2.91. The number of ether oxygens (including phenoxy) is 1. The highest BCUT2D eigenvalue weighted by Crippen LogP contribution is 2.27. The van der Waals surface area contributed by atoms with E-state index in [9.17, 15) is 13.2 Å². The van der Waals surface area contributed by atoms with Gasteiger partial charge in [-0.15, -0.1) is 11.3 Å². The van der Waals surface area contributed by atoms with Crippen LogP contribution in [0.4, 0.5) is 5.13 Å². The highest BCUT2D eigenvalue weighted by molar-refractivity contribution is 7.86. The summed E-state index contributed by atoms with van der Waals surface area (Å²) in [5, 5.41) is 2.45. The molecule has 0 radical (unpaired) electrons. The molecule has 0 atom stereocenters. The van der Waals surface area contributed by atoms with E-state index in [1.165, 1.54) is 11.3 Å². The Morgan fingerprint density at radius 3 is 2.73 bits per heavy atom. The lowest BCUT2D eigenvalue weighted by Gasteiger charge is -2.37. The number of carbonyl (C=O) groups is 1. The maximum absolute atomic E-state index is 12.3. The van der Waals surface area contributed by atoms with Crippen molar-refractivity contribution in [3.8, 4) is 0 Å². The number of amides is 1. The predicted octanol–water partition coefficient (Wildman–Crippen LogP) is -0.220. The standard InChI is InChI=1S/C12H17N3O5S2/c1-22(17,18)20-9-6-15(7-9)12-13-10(8-21-12)11(16)14-2-4-19-5-3-14/h8-9H,2-7H2,1H3. The Morgan fingerprint density at radius 1 is 1.41 bits per heavy atom. The number of aromatic nitrogens is 1. The quantitative estimate of drug-likeness (QED) is 0.696. The molecule has 0 spiro atoms. The van der Waals surface area contributed by atoms with Crippen molar-refractivity contribution in [2.45, 2.75) is 6.10 Å².